The summed E-state index contributed by atoms with van der Waals surface area (Å²) in [6.07, 6.45) is 3.98. The second-order valence-electron chi connectivity index (χ2n) is 3.69. The molecular weight excluding hydrogens is 164 g/mol. The van der Waals surface area contributed by atoms with Crippen LogP contribution in [-0.4, -0.2) is 15.8 Å². The predicted octanol–water partition coefficient (Wildman–Crippen LogP) is 0.644. The van der Waals surface area contributed by atoms with Crippen molar-refractivity contribution in [2.24, 2.45) is 7.05 Å². The minimum absolute atomic E-state index is 0.711. The van der Waals surface area contributed by atoms with Gasteiger partial charge in [-0.15, -0.1) is 0 Å². The van der Waals surface area contributed by atoms with Crippen molar-refractivity contribution >= 4 is 5.82 Å². The van der Waals surface area contributed by atoms with E-state index in [2.05, 4.69) is 10.4 Å². The average molecular weight is 180 g/mol. The Morgan fingerprint density at radius 2 is 2.46 bits per heavy atom. The lowest BCUT2D eigenvalue weighted by Gasteiger charge is -2.26. The quantitative estimate of drug-likeness (QED) is 0.718. The predicted molar refractivity (Wildman–Crippen MR) is 52.1 cm³/mol. The van der Waals surface area contributed by atoms with Crippen LogP contribution in [0.2, 0.25) is 0 Å². The molecule has 3 N–H and O–H groups in total. The monoisotopic (exact) mass is 180 g/mol. The molecule has 1 aromatic heterocycles. The number of hydrogen-bond donors (Lipinski definition) is 2. The maximum atomic E-state index is 5.67. The summed E-state index contributed by atoms with van der Waals surface area (Å²) in [4.78, 5) is 0. The summed E-state index contributed by atoms with van der Waals surface area (Å²) < 4.78 is 1.71. The third-order valence-electron chi connectivity index (χ3n) is 2.64. The lowest BCUT2D eigenvalue weighted by atomic mass is 9.93. The topological polar surface area (TPSA) is 55.9 Å². The number of rotatable bonds is 3. The Hall–Kier alpha value is -1.03. The molecule has 0 radical (unpaired) electrons. The van der Waals surface area contributed by atoms with Crippen LogP contribution < -0.4 is 11.1 Å². The zero-order valence-electron chi connectivity index (χ0n) is 7.95. The lowest BCUT2D eigenvalue weighted by molar-refractivity contribution is 0.336. The number of nitrogens with one attached hydrogen (secondary N) is 1. The molecule has 72 valence electrons. The molecule has 1 fully saturated rings. The van der Waals surface area contributed by atoms with E-state index in [1.165, 1.54) is 19.3 Å². The van der Waals surface area contributed by atoms with E-state index in [9.17, 15) is 0 Å². The van der Waals surface area contributed by atoms with Crippen molar-refractivity contribution in [2.45, 2.75) is 31.8 Å². The van der Waals surface area contributed by atoms with Gasteiger partial charge in [0.2, 0.25) is 0 Å². The van der Waals surface area contributed by atoms with Gasteiger partial charge in [-0.1, -0.05) is 6.42 Å². The number of nitrogens with two attached hydrogens (primary N) is 1. The Kier molecular flexibility index (Phi) is 2.22. The van der Waals surface area contributed by atoms with Gasteiger partial charge >= 0.3 is 0 Å². The van der Waals surface area contributed by atoms with E-state index in [-0.39, 0.29) is 0 Å². The number of nitrogen functional groups attached to an aromatic ring is 1. The Labute approximate surface area is 78.1 Å². The van der Waals surface area contributed by atoms with Crippen molar-refractivity contribution in [3.05, 3.63) is 11.8 Å². The Bertz CT molecular complexity index is 268. The smallest absolute Gasteiger partial charge is 0.121 e. The summed E-state index contributed by atoms with van der Waals surface area (Å²) in [6.45, 7) is 0.843. The average Bonchev–Trinajstić information content (AvgIpc) is 2.28. The van der Waals surface area contributed by atoms with Crippen molar-refractivity contribution in [3.63, 3.8) is 0 Å². The molecule has 0 bridgehead atoms. The molecule has 0 unspecified atom stereocenters. The first-order chi connectivity index (χ1) is 6.25. The van der Waals surface area contributed by atoms with Gasteiger partial charge in [0.15, 0.2) is 0 Å². The highest BCUT2D eigenvalue weighted by Gasteiger charge is 2.16. The van der Waals surface area contributed by atoms with Crippen LogP contribution in [0.3, 0.4) is 0 Å². The van der Waals surface area contributed by atoms with Gasteiger partial charge in [-0.25, -0.2) is 0 Å². The number of anilines is 1. The fraction of sp³-hybridized carbons (Fsp3) is 0.667. The summed E-state index contributed by atoms with van der Waals surface area (Å²) >= 11 is 0. The molecule has 0 spiro atoms. The molecule has 1 aliphatic rings. The van der Waals surface area contributed by atoms with E-state index in [1.807, 2.05) is 13.1 Å². The number of hydrogen-bond acceptors (Lipinski definition) is 3. The molecule has 4 heteroatoms. The van der Waals surface area contributed by atoms with Crippen LogP contribution in [-0.2, 0) is 13.6 Å². The Balaban J connectivity index is 1.86. The third kappa shape index (κ3) is 1.83. The maximum absolute atomic E-state index is 5.67. The first-order valence-electron chi connectivity index (χ1n) is 4.77. The first-order valence-corrected chi connectivity index (χ1v) is 4.77. The minimum atomic E-state index is 0.711. The highest BCUT2D eigenvalue weighted by atomic mass is 15.3. The molecule has 0 amide bonds. The molecule has 0 aromatic carbocycles. The van der Waals surface area contributed by atoms with E-state index >= 15 is 0 Å². The van der Waals surface area contributed by atoms with E-state index in [0.717, 1.165) is 18.1 Å². The zero-order chi connectivity index (χ0) is 9.26. The standard InChI is InChI=1S/C9H16N4/c1-13-9(10)5-8(12-13)6-11-7-3-2-4-7/h5,7,11H,2-4,6,10H2,1H3. The van der Waals surface area contributed by atoms with Gasteiger partial charge in [0.1, 0.15) is 5.82 Å². The Morgan fingerprint density at radius 3 is 2.92 bits per heavy atom. The largest absolute Gasteiger partial charge is 0.384 e. The second-order valence-corrected chi connectivity index (χ2v) is 3.69. The summed E-state index contributed by atoms with van der Waals surface area (Å²) in [6, 6.07) is 2.63. The van der Waals surface area contributed by atoms with Crippen molar-refractivity contribution in [3.8, 4) is 0 Å². The van der Waals surface area contributed by atoms with E-state index < -0.39 is 0 Å². The highest BCUT2D eigenvalue weighted by Crippen LogP contribution is 2.18. The van der Waals surface area contributed by atoms with Crippen LogP contribution in [0.1, 0.15) is 25.0 Å². The van der Waals surface area contributed by atoms with E-state index in [1.54, 1.807) is 4.68 Å². The van der Waals surface area contributed by atoms with E-state index in [4.69, 9.17) is 5.73 Å². The summed E-state index contributed by atoms with van der Waals surface area (Å²) in [7, 11) is 1.86. The third-order valence-corrected chi connectivity index (χ3v) is 2.64. The molecule has 1 saturated carbocycles. The molecule has 0 atom stereocenters. The SMILES string of the molecule is Cn1nc(CNC2CCC2)cc1N. The highest BCUT2D eigenvalue weighted by molar-refractivity contribution is 5.30. The summed E-state index contributed by atoms with van der Waals surface area (Å²) in [5.74, 6) is 0.727. The molecule has 1 heterocycles. The normalized spacial score (nSPS) is 17.3. The van der Waals surface area contributed by atoms with Gasteiger partial charge in [0, 0.05) is 25.7 Å². The summed E-state index contributed by atoms with van der Waals surface area (Å²) in [5, 5.41) is 7.71. The van der Waals surface area contributed by atoms with Crippen molar-refractivity contribution in [1.29, 1.82) is 0 Å². The van der Waals surface area contributed by atoms with Gasteiger partial charge in [0.25, 0.3) is 0 Å². The van der Waals surface area contributed by atoms with Crippen LogP contribution in [0.15, 0.2) is 6.07 Å². The summed E-state index contributed by atoms with van der Waals surface area (Å²) in [5.41, 5.74) is 6.70. The molecule has 2 rings (SSSR count). The maximum Gasteiger partial charge on any atom is 0.121 e. The lowest BCUT2D eigenvalue weighted by Crippen LogP contribution is -2.34. The van der Waals surface area contributed by atoms with Crippen LogP contribution in [0.25, 0.3) is 0 Å². The molecule has 0 saturated heterocycles. The Morgan fingerprint density at radius 1 is 1.69 bits per heavy atom. The van der Waals surface area contributed by atoms with Crippen molar-refractivity contribution in [1.82, 2.24) is 15.1 Å². The fourth-order valence-electron chi connectivity index (χ4n) is 1.49. The second kappa shape index (κ2) is 3.38. The fourth-order valence-corrected chi connectivity index (χ4v) is 1.49. The molecular formula is C9H16N4. The van der Waals surface area contributed by atoms with Crippen LogP contribution >= 0.6 is 0 Å². The van der Waals surface area contributed by atoms with E-state index in [0.29, 0.717) is 6.04 Å². The molecule has 0 aliphatic heterocycles. The van der Waals surface area contributed by atoms with Crippen LogP contribution in [0.5, 0.6) is 0 Å². The number of aryl methyl sites for hydroxylation is 1. The van der Waals surface area contributed by atoms with Crippen molar-refractivity contribution < 1.29 is 0 Å². The van der Waals surface area contributed by atoms with Gasteiger partial charge in [0.05, 0.1) is 5.69 Å². The molecule has 13 heavy (non-hydrogen) atoms. The van der Waals surface area contributed by atoms with Gasteiger partial charge in [-0.2, -0.15) is 5.10 Å². The van der Waals surface area contributed by atoms with Gasteiger partial charge in [-0.05, 0) is 12.8 Å². The van der Waals surface area contributed by atoms with Crippen LogP contribution in [0.4, 0.5) is 5.82 Å². The van der Waals surface area contributed by atoms with Crippen LogP contribution in [0, 0.1) is 0 Å². The minimum Gasteiger partial charge on any atom is -0.384 e. The molecule has 4 nitrogen and oxygen atoms in total. The zero-order valence-corrected chi connectivity index (χ0v) is 7.95. The van der Waals surface area contributed by atoms with Gasteiger partial charge in [-0.3, -0.25) is 4.68 Å². The molecule has 1 aromatic rings. The number of aromatic nitrogens is 2. The first kappa shape index (κ1) is 8.56. The number of nitrogens with zero attached hydrogens (tertiary/aromatic N) is 2. The van der Waals surface area contributed by atoms with Crippen molar-refractivity contribution in [2.75, 3.05) is 5.73 Å². The van der Waals surface area contributed by atoms with Gasteiger partial charge < -0.3 is 11.1 Å². The molecule has 1 aliphatic carbocycles.